The molecule has 0 radical (unpaired) electrons. The number of hydrogen-bond acceptors (Lipinski definition) is 11. The Bertz CT molecular complexity index is 1210. The van der Waals surface area contributed by atoms with Gasteiger partial charge < -0.3 is 18.9 Å². The highest BCUT2D eigenvalue weighted by Crippen LogP contribution is 2.35. The first-order valence-electron chi connectivity index (χ1n) is 13.1. The molecule has 2 rings (SSSR count). The van der Waals surface area contributed by atoms with E-state index in [0.717, 1.165) is 25.3 Å². The molecule has 0 saturated carbocycles. The first kappa shape index (κ1) is 33.3. The SMILES string of the molecule is COc1cc(/C=N\NC(=O)N/N=C\c2cc(OC)c(OCCC(C)C)cc2[N+](=O)[O-])c([N+](=O)[O-])cc1OCCC(C)C. The van der Waals surface area contributed by atoms with Crippen LogP contribution in [-0.2, 0) is 0 Å². The second-order valence-electron chi connectivity index (χ2n) is 9.77. The van der Waals surface area contributed by atoms with Gasteiger partial charge >= 0.3 is 6.03 Å². The van der Waals surface area contributed by atoms with E-state index in [4.69, 9.17) is 18.9 Å². The topological polar surface area (TPSA) is 189 Å². The van der Waals surface area contributed by atoms with E-state index in [0.29, 0.717) is 25.0 Å². The molecule has 2 N–H and O–H groups in total. The maximum Gasteiger partial charge on any atom is 0.355 e. The third-order valence-electron chi connectivity index (χ3n) is 5.66. The largest absolute Gasteiger partial charge is 0.493 e. The lowest BCUT2D eigenvalue weighted by atomic mass is 10.1. The Kier molecular flexibility index (Phi) is 12.9. The Morgan fingerprint density at radius 2 is 1.14 bits per heavy atom. The summed E-state index contributed by atoms with van der Waals surface area (Å²) in [4.78, 5) is 34.2. The lowest BCUT2D eigenvalue weighted by Crippen LogP contribution is -2.28. The van der Waals surface area contributed by atoms with E-state index < -0.39 is 15.9 Å². The fourth-order valence-corrected chi connectivity index (χ4v) is 3.35. The van der Waals surface area contributed by atoms with Gasteiger partial charge in [-0.3, -0.25) is 20.2 Å². The highest BCUT2D eigenvalue weighted by molar-refractivity contribution is 5.89. The van der Waals surface area contributed by atoms with E-state index in [1.54, 1.807) is 0 Å². The molecule has 2 aromatic rings. The molecule has 0 atom stereocenters. The zero-order valence-electron chi connectivity index (χ0n) is 24.4. The van der Waals surface area contributed by atoms with Crippen LogP contribution in [0.3, 0.4) is 0 Å². The van der Waals surface area contributed by atoms with Gasteiger partial charge in [0.05, 0.1) is 73.0 Å². The molecular weight excluding hydrogens is 552 g/mol. The van der Waals surface area contributed by atoms with Gasteiger partial charge in [-0.05, 0) is 36.8 Å². The smallest absolute Gasteiger partial charge is 0.355 e. The number of hydrazone groups is 2. The van der Waals surface area contributed by atoms with Gasteiger partial charge in [0, 0.05) is 0 Å². The minimum Gasteiger partial charge on any atom is -0.493 e. The van der Waals surface area contributed by atoms with Crippen LogP contribution in [0.4, 0.5) is 16.2 Å². The fraction of sp³-hybridized carbons (Fsp3) is 0.444. The number of rotatable bonds is 16. The number of methoxy groups -OCH3 is 2. The van der Waals surface area contributed by atoms with E-state index in [2.05, 4.69) is 21.1 Å². The van der Waals surface area contributed by atoms with E-state index in [-0.39, 0.29) is 45.5 Å². The summed E-state index contributed by atoms with van der Waals surface area (Å²) >= 11 is 0. The average Bonchev–Trinajstić information content (AvgIpc) is 2.92. The average molecular weight is 589 g/mol. The highest BCUT2D eigenvalue weighted by Gasteiger charge is 2.20. The van der Waals surface area contributed by atoms with Crippen LogP contribution in [0.1, 0.15) is 51.7 Å². The van der Waals surface area contributed by atoms with Gasteiger partial charge in [0.25, 0.3) is 11.4 Å². The first-order valence-corrected chi connectivity index (χ1v) is 13.1. The van der Waals surface area contributed by atoms with E-state index >= 15 is 0 Å². The summed E-state index contributed by atoms with van der Waals surface area (Å²) < 4.78 is 21.9. The molecule has 2 aromatic carbocycles. The molecule has 0 spiro atoms. The lowest BCUT2D eigenvalue weighted by Gasteiger charge is -2.12. The molecule has 15 heteroatoms. The van der Waals surface area contributed by atoms with Crippen molar-refractivity contribution in [3.05, 3.63) is 55.6 Å². The Balaban J connectivity index is 2.12. The molecule has 42 heavy (non-hydrogen) atoms. The highest BCUT2D eigenvalue weighted by atomic mass is 16.6. The number of nitrogens with zero attached hydrogens (tertiary/aromatic N) is 4. The molecule has 0 fully saturated rings. The maximum atomic E-state index is 12.2. The Hall–Kier alpha value is -4.95. The second-order valence-corrected chi connectivity index (χ2v) is 9.77. The standard InChI is InChI=1S/C27H36N6O9/c1-17(2)7-9-41-25-13-21(32(35)36)19(11-23(25)39-5)15-28-30-27(34)31-29-16-20-12-24(40-6)26(14-22(20)33(37)38)42-10-8-18(3)4/h11-18H,7-10H2,1-6H3,(H2,30,31,34)/b28-15-,29-16-. The van der Waals surface area contributed by atoms with E-state index in [1.807, 2.05) is 27.7 Å². The number of amides is 2. The van der Waals surface area contributed by atoms with Gasteiger partial charge in [-0.25, -0.2) is 15.6 Å². The second kappa shape index (κ2) is 16.3. The molecule has 0 aromatic heterocycles. The predicted molar refractivity (Wildman–Crippen MR) is 156 cm³/mol. The monoisotopic (exact) mass is 588 g/mol. The number of nitro groups is 2. The number of ether oxygens (including phenoxy) is 4. The number of nitrogens with one attached hydrogen (secondary N) is 2. The Morgan fingerprint density at radius 3 is 1.45 bits per heavy atom. The van der Waals surface area contributed by atoms with Crippen molar-refractivity contribution in [3.8, 4) is 23.0 Å². The van der Waals surface area contributed by atoms with Gasteiger partial charge in [0.2, 0.25) is 0 Å². The Labute approximate surface area is 243 Å². The van der Waals surface area contributed by atoms with Crippen molar-refractivity contribution < 1.29 is 33.6 Å². The number of hydrogen-bond donors (Lipinski definition) is 2. The van der Waals surface area contributed by atoms with Crippen LogP contribution >= 0.6 is 0 Å². The Morgan fingerprint density at radius 1 is 0.762 bits per heavy atom. The first-order chi connectivity index (χ1) is 20.0. The van der Waals surface area contributed by atoms with Gasteiger partial charge in [-0.15, -0.1) is 0 Å². The van der Waals surface area contributed by atoms with Crippen molar-refractivity contribution >= 4 is 29.8 Å². The summed E-state index contributed by atoms with van der Waals surface area (Å²) in [6.45, 7) is 8.82. The van der Waals surface area contributed by atoms with Crippen molar-refractivity contribution in [2.45, 2.75) is 40.5 Å². The van der Waals surface area contributed by atoms with Gasteiger partial charge in [0.15, 0.2) is 23.0 Å². The summed E-state index contributed by atoms with van der Waals surface area (Å²) in [5, 5.41) is 30.7. The number of carbonyl (C=O) groups is 1. The van der Waals surface area contributed by atoms with Crippen LogP contribution in [0.5, 0.6) is 23.0 Å². The number of nitro benzene ring substituents is 2. The van der Waals surface area contributed by atoms with Crippen LogP contribution < -0.4 is 29.8 Å². The van der Waals surface area contributed by atoms with Crippen molar-refractivity contribution in [2.24, 2.45) is 22.0 Å². The predicted octanol–water partition coefficient (Wildman–Crippen LogP) is 5.04. The third kappa shape index (κ3) is 10.2. The van der Waals surface area contributed by atoms with Crippen LogP contribution in [-0.4, -0.2) is 55.7 Å². The van der Waals surface area contributed by atoms with Crippen molar-refractivity contribution in [1.82, 2.24) is 10.9 Å². The van der Waals surface area contributed by atoms with Crippen molar-refractivity contribution in [1.29, 1.82) is 0 Å². The number of urea groups is 1. The molecule has 0 saturated heterocycles. The fourth-order valence-electron chi connectivity index (χ4n) is 3.35. The quantitative estimate of drug-likeness (QED) is 0.154. The zero-order valence-corrected chi connectivity index (χ0v) is 24.4. The summed E-state index contributed by atoms with van der Waals surface area (Å²) in [6, 6.07) is 4.29. The minimum atomic E-state index is -0.908. The molecule has 0 aliphatic carbocycles. The third-order valence-corrected chi connectivity index (χ3v) is 5.66. The molecule has 228 valence electrons. The summed E-state index contributed by atoms with van der Waals surface area (Å²) in [5.41, 5.74) is 3.72. The molecule has 0 heterocycles. The summed E-state index contributed by atoms with van der Waals surface area (Å²) in [5.74, 6) is 1.71. The molecule has 0 unspecified atom stereocenters. The summed E-state index contributed by atoms with van der Waals surface area (Å²) in [6.07, 6.45) is 3.63. The van der Waals surface area contributed by atoms with E-state index in [9.17, 15) is 25.0 Å². The van der Waals surface area contributed by atoms with Gasteiger partial charge in [0.1, 0.15) is 0 Å². The molecular formula is C27H36N6O9. The molecule has 0 bridgehead atoms. The maximum absolute atomic E-state index is 12.2. The summed E-state index contributed by atoms with van der Waals surface area (Å²) in [7, 11) is 2.79. The molecule has 0 aliphatic heterocycles. The van der Waals surface area contributed by atoms with E-state index in [1.165, 1.54) is 38.5 Å². The minimum absolute atomic E-state index is 0.0512. The van der Waals surface area contributed by atoms with Crippen molar-refractivity contribution in [2.75, 3.05) is 27.4 Å². The van der Waals surface area contributed by atoms with Crippen LogP contribution in [0.2, 0.25) is 0 Å². The van der Waals surface area contributed by atoms with Crippen LogP contribution in [0, 0.1) is 32.1 Å². The molecule has 2 amide bonds. The van der Waals surface area contributed by atoms with Gasteiger partial charge in [-0.2, -0.15) is 10.2 Å². The normalized spacial score (nSPS) is 11.2. The molecule has 0 aliphatic rings. The van der Waals surface area contributed by atoms with Gasteiger partial charge in [-0.1, -0.05) is 27.7 Å². The van der Waals surface area contributed by atoms with Crippen LogP contribution in [0.15, 0.2) is 34.5 Å². The lowest BCUT2D eigenvalue weighted by molar-refractivity contribution is -0.385. The van der Waals surface area contributed by atoms with Crippen molar-refractivity contribution in [3.63, 3.8) is 0 Å². The number of carbonyl (C=O) groups excluding carboxylic acids is 1. The zero-order chi connectivity index (χ0) is 31.2. The molecule has 15 nitrogen and oxygen atoms in total. The van der Waals surface area contributed by atoms with Crippen LogP contribution in [0.25, 0.3) is 0 Å². The number of benzene rings is 2.